The summed E-state index contributed by atoms with van der Waals surface area (Å²) in [5.41, 5.74) is 1.42. The maximum atomic E-state index is 12.1. The number of aromatic amines is 1. The van der Waals surface area contributed by atoms with Gasteiger partial charge in [0.25, 0.3) is 0 Å². The second kappa shape index (κ2) is 5.99. The van der Waals surface area contributed by atoms with Crippen LogP contribution >= 0.6 is 11.8 Å². The Labute approximate surface area is 126 Å². The summed E-state index contributed by atoms with van der Waals surface area (Å²) in [4.78, 5) is 17.8. The van der Waals surface area contributed by atoms with E-state index in [0.717, 1.165) is 17.0 Å². The van der Waals surface area contributed by atoms with E-state index in [1.807, 2.05) is 42.5 Å². The Kier molecular flexibility index (Phi) is 3.90. The fourth-order valence-corrected chi connectivity index (χ4v) is 2.28. The molecule has 0 unspecified atom stereocenters. The molecule has 0 spiro atoms. The maximum absolute atomic E-state index is 12.1. The largest absolute Gasteiger partial charge is 0.457 e. The van der Waals surface area contributed by atoms with Crippen molar-refractivity contribution < 1.29 is 4.74 Å². The monoisotopic (exact) mass is 300 g/mol. The van der Waals surface area contributed by atoms with Crippen LogP contribution in [0.3, 0.4) is 0 Å². The number of hydrogen-bond acceptors (Lipinski definition) is 3. The Balaban J connectivity index is 1.99. The van der Waals surface area contributed by atoms with Gasteiger partial charge in [0.05, 0.1) is 6.54 Å². The van der Waals surface area contributed by atoms with E-state index in [-0.39, 0.29) is 5.43 Å². The van der Waals surface area contributed by atoms with Gasteiger partial charge in [-0.15, -0.1) is 0 Å². The third kappa shape index (κ3) is 3.07. The number of fused-ring (bicyclic) bond motifs is 1. The summed E-state index contributed by atoms with van der Waals surface area (Å²) in [5, 5.41) is 0.585. The number of pyridine rings is 1. The van der Waals surface area contributed by atoms with Gasteiger partial charge in [-0.05, 0) is 42.1 Å². The van der Waals surface area contributed by atoms with Gasteiger partial charge in [0.15, 0.2) is 5.43 Å². The highest BCUT2D eigenvalue weighted by atomic mass is 35.5. The van der Waals surface area contributed by atoms with Gasteiger partial charge in [-0.25, -0.2) is 4.84 Å². The smallest absolute Gasteiger partial charge is 0.189 e. The number of rotatable bonds is 4. The topological polar surface area (TPSA) is 54.1 Å². The highest BCUT2D eigenvalue weighted by Crippen LogP contribution is 2.23. The maximum Gasteiger partial charge on any atom is 0.189 e. The summed E-state index contributed by atoms with van der Waals surface area (Å²) >= 11 is 5.46. The Morgan fingerprint density at radius 1 is 1.05 bits per heavy atom. The molecule has 0 aliphatic heterocycles. The van der Waals surface area contributed by atoms with Gasteiger partial charge in [0, 0.05) is 22.7 Å². The summed E-state index contributed by atoms with van der Waals surface area (Å²) in [6.45, 7) is 0.398. The third-order valence-corrected chi connectivity index (χ3v) is 3.23. The molecule has 106 valence electrons. The van der Waals surface area contributed by atoms with Crippen molar-refractivity contribution in [1.29, 1.82) is 0 Å². The first-order valence-electron chi connectivity index (χ1n) is 6.48. The van der Waals surface area contributed by atoms with Crippen molar-refractivity contribution in [3.8, 4) is 11.5 Å². The number of ether oxygens (including phenoxy) is 1. The molecule has 0 aliphatic carbocycles. The molecule has 3 rings (SSSR count). The van der Waals surface area contributed by atoms with Crippen LogP contribution in [0.4, 0.5) is 0 Å². The van der Waals surface area contributed by atoms with Crippen LogP contribution in [0.1, 0.15) is 5.69 Å². The number of hydrogen-bond donors (Lipinski definition) is 2. The van der Waals surface area contributed by atoms with Crippen molar-refractivity contribution in [2.75, 3.05) is 0 Å². The van der Waals surface area contributed by atoms with Crippen molar-refractivity contribution in [2.45, 2.75) is 6.54 Å². The lowest BCUT2D eigenvalue weighted by atomic mass is 10.2. The second-order valence-electron chi connectivity index (χ2n) is 4.59. The normalized spacial score (nSPS) is 10.7. The summed E-state index contributed by atoms with van der Waals surface area (Å²) in [5.74, 6) is 1.36. The van der Waals surface area contributed by atoms with Gasteiger partial charge in [-0.2, -0.15) is 0 Å². The lowest BCUT2D eigenvalue weighted by Crippen LogP contribution is -2.09. The van der Waals surface area contributed by atoms with Crippen molar-refractivity contribution in [3.63, 3.8) is 0 Å². The van der Waals surface area contributed by atoms with E-state index < -0.39 is 0 Å². The SMILES string of the molecule is O=c1cc(CNCl)[nH]c2ccc(Oc3ccccc3)cc12. The van der Waals surface area contributed by atoms with Crippen LogP contribution in [0.5, 0.6) is 11.5 Å². The molecule has 0 bridgehead atoms. The fraction of sp³-hybridized carbons (Fsp3) is 0.0625. The minimum absolute atomic E-state index is 0.0656. The minimum Gasteiger partial charge on any atom is -0.457 e. The quantitative estimate of drug-likeness (QED) is 0.724. The Bertz CT molecular complexity index is 815. The molecule has 0 aliphatic rings. The lowest BCUT2D eigenvalue weighted by Gasteiger charge is -2.07. The van der Waals surface area contributed by atoms with Gasteiger partial charge in [-0.3, -0.25) is 4.79 Å². The predicted octanol–water partition coefficient (Wildman–Crippen LogP) is 3.56. The van der Waals surface area contributed by atoms with Crippen LogP contribution in [0.2, 0.25) is 0 Å². The standard InChI is InChI=1S/C16H13ClN2O2/c17-18-10-11-8-16(20)14-9-13(6-7-15(14)19-11)21-12-4-2-1-3-5-12/h1-9,18H,10H2,(H,19,20). The zero-order valence-corrected chi connectivity index (χ0v) is 11.9. The Morgan fingerprint density at radius 3 is 2.62 bits per heavy atom. The first kappa shape index (κ1) is 13.7. The summed E-state index contributed by atoms with van der Waals surface area (Å²) in [6, 6.07) is 16.4. The van der Waals surface area contributed by atoms with Crippen molar-refractivity contribution in [1.82, 2.24) is 9.82 Å². The molecule has 2 aromatic carbocycles. The number of halogens is 1. The average molecular weight is 301 g/mol. The van der Waals surface area contributed by atoms with E-state index in [1.54, 1.807) is 6.07 Å². The van der Waals surface area contributed by atoms with Crippen molar-refractivity contribution in [3.05, 3.63) is 70.5 Å². The Morgan fingerprint density at radius 2 is 1.86 bits per heavy atom. The van der Waals surface area contributed by atoms with E-state index in [9.17, 15) is 4.79 Å². The van der Waals surface area contributed by atoms with E-state index in [4.69, 9.17) is 16.5 Å². The van der Waals surface area contributed by atoms with Crippen LogP contribution in [-0.4, -0.2) is 4.98 Å². The molecule has 0 fully saturated rings. The third-order valence-electron chi connectivity index (χ3n) is 3.09. The van der Waals surface area contributed by atoms with Gasteiger partial charge < -0.3 is 9.72 Å². The van der Waals surface area contributed by atoms with Gasteiger partial charge in [0.2, 0.25) is 0 Å². The summed E-state index contributed by atoms with van der Waals surface area (Å²) < 4.78 is 5.73. The van der Waals surface area contributed by atoms with Crippen LogP contribution in [-0.2, 0) is 6.54 Å². The molecule has 1 heterocycles. The lowest BCUT2D eigenvalue weighted by molar-refractivity contribution is 0.483. The molecule has 0 saturated heterocycles. The molecule has 1 aromatic heterocycles. The first-order chi connectivity index (χ1) is 10.3. The number of H-pyrrole nitrogens is 1. The van der Waals surface area contributed by atoms with Gasteiger partial charge in [-0.1, -0.05) is 18.2 Å². The second-order valence-corrected chi connectivity index (χ2v) is 4.86. The van der Waals surface area contributed by atoms with Crippen LogP contribution < -0.4 is 15.0 Å². The van der Waals surface area contributed by atoms with Gasteiger partial charge >= 0.3 is 0 Å². The summed E-state index contributed by atoms with van der Waals surface area (Å²) in [6.07, 6.45) is 0. The molecule has 0 atom stereocenters. The predicted molar refractivity (Wildman–Crippen MR) is 83.8 cm³/mol. The van der Waals surface area contributed by atoms with E-state index in [0.29, 0.717) is 17.7 Å². The number of para-hydroxylation sites is 1. The highest BCUT2D eigenvalue weighted by Gasteiger charge is 2.05. The molecule has 2 N–H and O–H groups in total. The molecule has 0 amide bonds. The van der Waals surface area contributed by atoms with E-state index in [2.05, 4.69) is 9.82 Å². The molecule has 0 saturated carbocycles. The minimum atomic E-state index is -0.0656. The highest BCUT2D eigenvalue weighted by molar-refractivity contribution is 6.13. The summed E-state index contributed by atoms with van der Waals surface area (Å²) in [7, 11) is 0. The van der Waals surface area contributed by atoms with Crippen LogP contribution in [0.15, 0.2) is 59.4 Å². The average Bonchev–Trinajstić information content (AvgIpc) is 2.49. The number of benzene rings is 2. The van der Waals surface area contributed by atoms with Crippen LogP contribution in [0.25, 0.3) is 10.9 Å². The number of nitrogens with one attached hydrogen (secondary N) is 2. The van der Waals surface area contributed by atoms with Crippen molar-refractivity contribution in [2.24, 2.45) is 0 Å². The zero-order valence-electron chi connectivity index (χ0n) is 11.1. The van der Waals surface area contributed by atoms with Crippen molar-refractivity contribution >= 4 is 22.7 Å². The Hall–Kier alpha value is -2.30. The molecular weight excluding hydrogens is 288 g/mol. The van der Waals surface area contributed by atoms with Gasteiger partial charge in [0.1, 0.15) is 11.5 Å². The molecule has 3 aromatic rings. The fourth-order valence-electron chi connectivity index (χ4n) is 2.14. The molecular formula is C16H13ClN2O2. The first-order valence-corrected chi connectivity index (χ1v) is 6.86. The molecule has 5 heteroatoms. The number of aromatic nitrogens is 1. The zero-order chi connectivity index (χ0) is 14.7. The molecule has 21 heavy (non-hydrogen) atoms. The van der Waals surface area contributed by atoms with Crippen LogP contribution in [0, 0.1) is 0 Å². The van der Waals surface area contributed by atoms with E-state index >= 15 is 0 Å². The molecule has 0 radical (unpaired) electrons. The molecule has 4 nitrogen and oxygen atoms in total. The van der Waals surface area contributed by atoms with E-state index in [1.165, 1.54) is 6.07 Å².